The predicted octanol–water partition coefficient (Wildman–Crippen LogP) is 3.35. The number of ether oxygens (including phenoxy) is 2. The second-order valence-corrected chi connectivity index (χ2v) is 7.23. The van der Waals surface area contributed by atoms with Crippen LogP contribution in [0.5, 0.6) is 11.5 Å². The smallest absolute Gasteiger partial charge is 0.262 e. The van der Waals surface area contributed by atoms with E-state index < -0.39 is 23.8 Å². The van der Waals surface area contributed by atoms with Gasteiger partial charge in [-0.2, -0.15) is 0 Å². The quantitative estimate of drug-likeness (QED) is 0.726. The first-order valence-corrected chi connectivity index (χ1v) is 9.37. The summed E-state index contributed by atoms with van der Waals surface area (Å²) in [5.74, 6) is -0.257. The van der Waals surface area contributed by atoms with Crippen LogP contribution in [0.4, 0.5) is 5.69 Å². The van der Waals surface area contributed by atoms with Crippen molar-refractivity contribution in [1.82, 2.24) is 4.90 Å². The molecule has 1 aliphatic heterocycles. The maximum Gasteiger partial charge on any atom is 0.262 e. The Bertz CT molecular complexity index is 919. The molecule has 7 heteroatoms. The van der Waals surface area contributed by atoms with Crippen molar-refractivity contribution in [2.24, 2.45) is 5.92 Å². The van der Waals surface area contributed by atoms with Crippen LogP contribution in [0.3, 0.4) is 0 Å². The Kier molecular flexibility index (Phi) is 5.87. The minimum atomic E-state index is -0.936. The van der Waals surface area contributed by atoms with Crippen LogP contribution in [0, 0.1) is 5.92 Å². The highest BCUT2D eigenvalue weighted by Crippen LogP contribution is 2.31. The van der Waals surface area contributed by atoms with Crippen molar-refractivity contribution in [2.45, 2.75) is 26.3 Å². The highest BCUT2D eigenvalue weighted by atomic mass is 16.5. The number of nitrogens with one attached hydrogen (secondary N) is 1. The van der Waals surface area contributed by atoms with Gasteiger partial charge in [0, 0.05) is 6.07 Å². The molecule has 0 spiro atoms. The van der Waals surface area contributed by atoms with E-state index in [1.54, 1.807) is 42.5 Å². The van der Waals surface area contributed by atoms with Crippen molar-refractivity contribution >= 4 is 23.4 Å². The molecule has 7 nitrogen and oxygen atoms in total. The van der Waals surface area contributed by atoms with Crippen molar-refractivity contribution in [1.29, 1.82) is 0 Å². The van der Waals surface area contributed by atoms with Crippen LogP contribution in [0.15, 0.2) is 42.5 Å². The zero-order chi connectivity index (χ0) is 21.1. The van der Waals surface area contributed by atoms with Crippen molar-refractivity contribution < 1.29 is 23.9 Å². The molecule has 152 valence electrons. The van der Waals surface area contributed by atoms with Gasteiger partial charge in [-0.1, -0.05) is 26.0 Å². The van der Waals surface area contributed by atoms with E-state index in [1.807, 2.05) is 13.8 Å². The van der Waals surface area contributed by atoms with Crippen LogP contribution in [0.2, 0.25) is 0 Å². The fourth-order valence-corrected chi connectivity index (χ4v) is 3.38. The van der Waals surface area contributed by atoms with Crippen LogP contribution in [0.25, 0.3) is 0 Å². The van der Waals surface area contributed by atoms with Gasteiger partial charge in [-0.3, -0.25) is 19.3 Å². The van der Waals surface area contributed by atoms with Gasteiger partial charge in [-0.15, -0.1) is 0 Å². The van der Waals surface area contributed by atoms with Crippen LogP contribution in [-0.4, -0.2) is 42.9 Å². The molecule has 2 aromatic rings. The number of imide groups is 1. The van der Waals surface area contributed by atoms with Gasteiger partial charge in [0.2, 0.25) is 5.91 Å². The molecule has 1 aliphatic rings. The van der Waals surface area contributed by atoms with E-state index in [0.29, 0.717) is 34.7 Å². The molecule has 0 fully saturated rings. The van der Waals surface area contributed by atoms with Crippen LogP contribution in [0.1, 0.15) is 41.0 Å². The minimum absolute atomic E-state index is 0.0906. The molecule has 0 radical (unpaired) electrons. The first kappa shape index (κ1) is 20.4. The third kappa shape index (κ3) is 3.94. The summed E-state index contributed by atoms with van der Waals surface area (Å²) in [5.41, 5.74) is 1.07. The lowest BCUT2D eigenvalue weighted by Gasteiger charge is -2.27. The Morgan fingerprint density at radius 1 is 1.00 bits per heavy atom. The number of fused-ring (bicyclic) bond motifs is 1. The molecule has 1 N–H and O–H groups in total. The second-order valence-electron chi connectivity index (χ2n) is 7.23. The topological polar surface area (TPSA) is 84.9 Å². The fourth-order valence-electron chi connectivity index (χ4n) is 3.38. The van der Waals surface area contributed by atoms with E-state index >= 15 is 0 Å². The maximum absolute atomic E-state index is 13.2. The number of hydrogen-bond acceptors (Lipinski definition) is 5. The Labute approximate surface area is 169 Å². The molecule has 29 heavy (non-hydrogen) atoms. The number of nitrogens with zero attached hydrogens (tertiary/aromatic N) is 1. The summed E-state index contributed by atoms with van der Waals surface area (Å²) in [7, 11) is 3.02. The lowest BCUT2D eigenvalue weighted by atomic mass is 10.0. The predicted molar refractivity (Wildman–Crippen MR) is 108 cm³/mol. The molecule has 3 rings (SSSR count). The summed E-state index contributed by atoms with van der Waals surface area (Å²) in [4.78, 5) is 40.0. The molecule has 2 aromatic carbocycles. The summed E-state index contributed by atoms with van der Waals surface area (Å²) in [6.45, 7) is 3.87. The number of anilines is 1. The first-order chi connectivity index (χ1) is 13.9. The zero-order valence-electron chi connectivity index (χ0n) is 16.9. The van der Waals surface area contributed by atoms with E-state index in [2.05, 4.69) is 5.32 Å². The molecule has 0 unspecified atom stereocenters. The van der Waals surface area contributed by atoms with E-state index in [-0.39, 0.29) is 5.92 Å². The number of carbonyl (C=O) groups is 3. The van der Waals surface area contributed by atoms with E-state index in [9.17, 15) is 14.4 Å². The molecule has 1 heterocycles. The van der Waals surface area contributed by atoms with E-state index in [1.165, 1.54) is 14.2 Å². The Morgan fingerprint density at radius 2 is 1.62 bits per heavy atom. The molecule has 0 aromatic heterocycles. The summed E-state index contributed by atoms with van der Waals surface area (Å²) >= 11 is 0. The lowest BCUT2D eigenvalue weighted by molar-refractivity contribution is -0.120. The molecular formula is C22H24N2O5. The molecule has 3 amide bonds. The van der Waals surface area contributed by atoms with Gasteiger partial charge < -0.3 is 14.8 Å². The molecule has 0 aliphatic carbocycles. The van der Waals surface area contributed by atoms with Crippen molar-refractivity contribution in [3.05, 3.63) is 53.6 Å². The Hall–Kier alpha value is -3.35. The van der Waals surface area contributed by atoms with Gasteiger partial charge in [0.25, 0.3) is 11.8 Å². The van der Waals surface area contributed by atoms with Gasteiger partial charge in [0.15, 0.2) is 0 Å². The van der Waals surface area contributed by atoms with Crippen LogP contribution >= 0.6 is 0 Å². The summed E-state index contributed by atoms with van der Waals surface area (Å²) in [6.07, 6.45) is 0.343. The highest BCUT2D eigenvalue weighted by Gasteiger charge is 2.42. The SMILES string of the molecule is COc1ccc(NC(=O)[C@H](CC(C)C)N2C(=O)c3ccccc3C2=O)c(OC)c1. The van der Waals surface area contributed by atoms with Crippen molar-refractivity contribution in [3.63, 3.8) is 0 Å². The number of methoxy groups -OCH3 is 2. The third-order valence-electron chi connectivity index (χ3n) is 4.80. The number of hydrogen-bond donors (Lipinski definition) is 1. The first-order valence-electron chi connectivity index (χ1n) is 9.37. The van der Waals surface area contributed by atoms with Crippen molar-refractivity contribution in [3.8, 4) is 11.5 Å². The summed E-state index contributed by atoms with van der Waals surface area (Å²) < 4.78 is 10.5. The van der Waals surface area contributed by atoms with Crippen LogP contribution < -0.4 is 14.8 Å². The highest BCUT2D eigenvalue weighted by molar-refractivity contribution is 6.23. The number of amides is 3. The average Bonchev–Trinajstić information content (AvgIpc) is 2.97. The van der Waals surface area contributed by atoms with E-state index in [0.717, 1.165) is 4.90 Å². The van der Waals surface area contributed by atoms with Gasteiger partial charge in [0.1, 0.15) is 17.5 Å². The Balaban J connectivity index is 1.91. The largest absolute Gasteiger partial charge is 0.497 e. The monoisotopic (exact) mass is 396 g/mol. The van der Waals surface area contributed by atoms with Crippen molar-refractivity contribution in [2.75, 3.05) is 19.5 Å². The van der Waals surface area contributed by atoms with Gasteiger partial charge in [0.05, 0.1) is 31.0 Å². The number of rotatable bonds is 7. The standard InChI is InChI=1S/C22H24N2O5/c1-13(2)11-18(24-21(26)15-7-5-6-8-16(15)22(24)27)20(25)23-17-10-9-14(28-3)12-19(17)29-4/h5-10,12-13,18H,11H2,1-4H3,(H,23,25)/t18-/m0/s1. The summed E-state index contributed by atoms with van der Waals surface area (Å²) in [5, 5.41) is 2.80. The minimum Gasteiger partial charge on any atom is -0.497 e. The maximum atomic E-state index is 13.2. The van der Waals surface area contributed by atoms with Gasteiger partial charge >= 0.3 is 0 Å². The molecule has 0 saturated heterocycles. The number of carbonyl (C=O) groups excluding carboxylic acids is 3. The normalized spacial score (nSPS) is 14.0. The molecule has 1 atom stereocenters. The lowest BCUT2D eigenvalue weighted by Crippen LogP contribution is -2.48. The number of benzene rings is 2. The van der Waals surface area contributed by atoms with Crippen LogP contribution in [-0.2, 0) is 4.79 Å². The van der Waals surface area contributed by atoms with E-state index in [4.69, 9.17) is 9.47 Å². The fraction of sp³-hybridized carbons (Fsp3) is 0.318. The molecule has 0 saturated carbocycles. The zero-order valence-corrected chi connectivity index (χ0v) is 16.9. The summed E-state index contributed by atoms with van der Waals surface area (Å²) in [6, 6.07) is 10.7. The van der Waals surface area contributed by atoms with Gasteiger partial charge in [-0.25, -0.2) is 0 Å². The second kappa shape index (κ2) is 8.34. The Morgan fingerprint density at radius 3 is 2.14 bits per heavy atom. The average molecular weight is 396 g/mol. The third-order valence-corrected chi connectivity index (χ3v) is 4.80. The molecular weight excluding hydrogens is 372 g/mol. The van der Waals surface area contributed by atoms with Gasteiger partial charge in [-0.05, 0) is 36.6 Å². The molecule has 0 bridgehead atoms.